The zero-order chi connectivity index (χ0) is 13.0. The van der Waals surface area contributed by atoms with Crippen LogP contribution in [0.3, 0.4) is 0 Å². The Balaban J connectivity index is 2.11. The summed E-state index contributed by atoms with van der Waals surface area (Å²) < 4.78 is 6.44. The zero-order valence-corrected chi connectivity index (χ0v) is 12.3. The molecule has 2 rings (SSSR count). The summed E-state index contributed by atoms with van der Waals surface area (Å²) in [6.07, 6.45) is 1.75. The standard InChI is InChI=1S/C12H13BrClN3O/c1-15-6-2-3-11-16-17-12(18-11)8-4-5-9(13)10(14)7-8/h4-5,7,15H,2-3,6H2,1H3. The highest BCUT2D eigenvalue weighted by atomic mass is 79.9. The maximum atomic E-state index is 6.03. The van der Waals surface area contributed by atoms with Crippen LogP contribution in [0.2, 0.25) is 5.02 Å². The Morgan fingerprint density at radius 1 is 1.39 bits per heavy atom. The minimum atomic E-state index is 0.504. The molecule has 0 aliphatic rings. The second-order valence-electron chi connectivity index (χ2n) is 3.84. The van der Waals surface area contributed by atoms with Gasteiger partial charge in [0, 0.05) is 16.5 Å². The van der Waals surface area contributed by atoms with Crippen LogP contribution in [0.4, 0.5) is 0 Å². The highest BCUT2D eigenvalue weighted by Crippen LogP contribution is 2.28. The van der Waals surface area contributed by atoms with Crippen LogP contribution < -0.4 is 5.32 Å². The van der Waals surface area contributed by atoms with Crippen LogP contribution in [0.25, 0.3) is 11.5 Å². The van der Waals surface area contributed by atoms with Crippen molar-refractivity contribution in [2.24, 2.45) is 0 Å². The molecule has 1 aromatic carbocycles. The summed E-state index contributed by atoms with van der Waals surface area (Å²) in [5, 5.41) is 11.7. The third-order valence-electron chi connectivity index (χ3n) is 2.45. The predicted molar refractivity (Wildman–Crippen MR) is 74.7 cm³/mol. The summed E-state index contributed by atoms with van der Waals surface area (Å²) >= 11 is 9.37. The van der Waals surface area contributed by atoms with E-state index in [1.165, 1.54) is 0 Å². The fourth-order valence-corrected chi connectivity index (χ4v) is 1.94. The van der Waals surface area contributed by atoms with Gasteiger partial charge in [0.15, 0.2) is 0 Å². The van der Waals surface area contributed by atoms with Crippen molar-refractivity contribution in [3.63, 3.8) is 0 Å². The van der Waals surface area contributed by atoms with E-state index < -0.39 is 0 Å². The average molecular weight is 331 g/mol. The van der Waals surface area contributed by atoms with Crippen LogP contribution in [-0.2, 0) is 6.42 Å². The second kappa shape index (κ2) is 6.31. The first-order chi connectivity index (χ1) is 8.70. The number of nitrogens with zero attached hydrogens (tertiary/aromatic N) is 2. The summed E-state index contributed by atoms with van der Waals surface area (Å²) in [5.41, 5.74) is 0.829. The molecule has 96 valence electrons. The van der Waals surface area contributed by atoms with Gasteiger partial charge in [-0.05, 0) is 54.1 Å². The van der Waals surface area contributed by atoms with Gasteiger partial charge in [-0.1, -0.05) is 11.6 Å². The summed E-state index contributed by atoms with van der Waals surface area (Å²) in [5.74, 6) is 1.16. The molecule has 0 aliphatic carbocycles. The van der Waals surface area contributed by atoms with Gasteiger partial charge in [0.1, 0.15) is 0 Å². The summed E-state index contributed by atoms with van der Waals surface area (Å²) in [7, 11) is 1.92. The van der Waals surface area contributed by atoms with E-state index in [0.29, 0.717) is 16.8 Å². The van der Waals surface area contributed by atoms with Gasteiger partial charge in [0.25, 0.3) is 0 Å². The van der Waals surface area contributed by atoms with Crippen molar-refractivity contribution in [2.45, 2.75) is 12.8 Å². The van der Waals surface area contributed by atoms with Crippen molar-refractivity contribution in [1.29, 1.82) is 0 Å². The van der Waals surface area contributed by atoms with Crippen LogP contribution in [-0.4, -0.2) is 23.8 Å². The van der Waals surface area contributed by atoms with Crippen molar-refractivity contribution in [1.82, 2.24) is 15.5 Å². The van der Waals surface area contributed by atoms with Gasteiger partial charge in [-0.2, -0.15) is 0 Å². The second-order valence-corrected chi connectivity index (χ2v) is 5.10. The molecule has 1 heterocycles. The number of rotatable bonds is 5. The lowest BCUT2D eigenvalue weighted by Gasteiger charge is -1.98. The third-order valence-corrected chi connectivity index (χ3v) is 3.68. The van der Waals surface area contributed by atoms with Gasteiger partial charge in [0.05, 0.1) is 5.02 Å². The molecule has 4 nitrogen and oxygen atoms in total. The van der Waals surface area contributed by atoms with Gasteiger partial charge < -0.3 is 9.73 Å². The van der Waals surface area contributed by atoms with E-state index in [1.54, 1.807) is 6.07 Å². The number of hydrogen-bond acceptors (Lipinski definition) is 4. The smallest absolute Gasteiger partial charge is 0.247 e. The molecule has 0 saturated carbocycles. The molecule has 2 aromatic rings. The lowest BCUT2D eigenvalue weighted by Crippen LogP contribution is -2.08. The van der Waals surface area contributed by atoms with Crippen molar-refractivity contribution in [3.05, 3.63) is 33.6 Å². The van der Waals surface area contributed by atoms with Crippen LogP contribution in [0.5, 0.6) is 0 Å². The van der Waals surface area contributed by atoms with E-state index in [0.717, 1.165) is 29.4 Å². The molecule has 0 bridgehead atoms. The molecule has 0 saturated heterocycles. The summed E-state index contributed by atoms with van der Waals surface area (Å²) in [6.45, 7) is 0.932. The first-order valence-corrected chi connectivity index (χ1v) is 6.80. The van der Waals surface area contributed by atoms with E-state index in [1.807, 2.05) is 19.2 Å². The van der Waals surface area contributed by atoms with E-state index in [-0.39, 0.29) is 0 Å². The van der Waals surface area contributed by atoms with Gasteiger partial charge in [-0.3, -0.25) is 0 Å². The molecule has 0 fully saturated rings. The van der Waals surface area contributed by atoms with Gasteiger partial charge in [-0.25, -0.2) is 0 Å². The lowest BCUT2D eigenvalue weighted by atomic mass is 10.2. The fourth-order valence-electron chi connectivity index (χ4n) is 1.52. The topological polar surface area (TPSA) is 51.0 Å². The Bertz CT molecular complexity index is 530. The normalized spacial score (nSPS) is 10.8. The number of hydrogen-bond donors (Lipinski definition) is 1. The molecule has 0 atom stereocenters. The van der Waals surface area contributed by atoms with Crippen LogP contribution >= 0.6 is 27.5 Å². The lowest BCUT2D eigenvalue weighted by molar-refractivity contribution is 0.495. The number of aryl methyl sites for hydroxylation is 1. The molecule has 0 radical (unpaired) electrons. The molecular weight excluding hydrogens is 318 g/mol. The molecule has 0 amide bonds. The highest BCUT2D eigenvalue weighted by molar-refractivity contribution is 9.10. The zero-order valence-electron chi connectivity index (χ0n) is 9.91. The first kappa shape index (κ1) is 13.5. The number of halogens is 2. The van der Waals surface area contributed by atoms with Crippen LogP contribution in [0.15, 0.2) is 27.1 Å². The largest absolute Gasteiger partial charge is 0.421 e. The Morgan fingerprint density at radius 2 is 2.22 bits per heavy atom. The summed E-state index contributed by atoms with van der Waals surface area (Å²) in [6, 6.07) is 5.56. The average Bonchev–Trinajstić information content (AvgIpc) is 2.82. The molecule has 1 N–H and O–H groups in total. The van der Waals surface area contributed by atoms with E-state index in [9.17, 15) is 0 Å². The Kier molecular flexibility index (Phi) is 4.74. The van der Waals surface area contributed by atoms with E-state index in [4.69, 9.17) is 16.0 Å². The first-order valence-electron chi connectivity index (χ1n) is 5.63. The van der Waals surface area contributed by atoms with Crippen LogP contribution in [0, 0.1) is 0 Å². The Hall–Kier alpha value is -0.910. The fraction of sp³-hybridized carbons (Fsp3) is 0.333. The Morgan fingerprint density at radius 3 is 2.94 bits per heavy atom. The number of benzene rings is 1. The van der Waals surface area contributed by atoms with Crippen molar-refractivity contribution >= 4 is 27.5 Å². The van der Waals surface area contributed by atoms with Gasteiger partial charge >= 0.3 is 0 Å². The van der Waals surface area contributed by atoms with Crippen molar-refractivity contribution < 1.29 is 4.42 Å². The maximum Gasteiger partial charge on any atom is 0.247 e. The van der Waals surface area contributed by atoms with Gasteiger partial charge in [-0.15, -0.1) is 10.2 Å². The molecule has 0 aliphatic heterocycles. The molecule has 6 heteroatoms. The van der Waals surface area contributed by atoms with E-state index >= 15 is 0 Å². The third kappa shape index (κ3) is 3.31. The van der Waals surface area contributed by atoms with Crippen molar-refractivity contribution in [2.75, 3.05) is 13.6 Å². The number of aromatic nitrogens is 2. The molecule has 1 aromatic heterocycles. The minimum absolute atomic E-state index is 0.504. The van der Waals surface area contributed by atoms with Gasteiger partial charge in [0.2, 0.25) is 11.8 Å². The quantitative estimate of drug-likeness (QED) is 0.855. The maximum absolute atomic E-state index is 6.03. The molecule has 18 heavy (non-hydrogen) atoms. The molecule has 0 spiro atoms. The van der Waals surface area contributed by atoms with Crippen molar-refractivity contribution in [3.8, 4) is 11.5 Å². The number of nitrogens with one attached hydrogen (secondary N) is 1. The monoisotopic (exact) mass is 329 g/mol. The predicted octanol–water partition coefficient (Wildman–Crippen LogP) is 3.30. The molecule has 0 unspecified atom stereocenters. The Labute approximate surface area is 119 Å². The highest BCUT2D eigenvalue weighted by Gasteiger charge is 2.09. The SMILES string of the molecule is CNCCCc1nnc(-c2ccc(Br)c(Cl)c2)o1. The summed E-state index contributed by atoms with van der Waals surface area (Å²) in [4.78, 5) is 0. The van der Waals surface area contributed by atoms with Crippen LogP contribution in [0.1, 0.15) is 12.3 Å². The minimum Gasteiger partial charge on any atom is -0.421 e. The molecular formula is C12H13BrClN3O. The van der Waals surface area contributed by atoms with E-state index in [2.05, 4.69) is 31.4 Å².